The van der Waals surface area contributed by atoms with Crippen molar-refractivity contribution in [2.24, 2.45) is 5.41 Å². The minimum absolute atomic E-state index is 0.0803. The van der Waals surface area contributed by atoms with Crippen molar-refractivity contribution in [3.05, 3.63) is 0 Å². The number of carbonyl (C=O) groups excluding carboxylic acids is 2. The van der Waals surface area contributed by atoms with Crippen LogP contribution < -0.4 is 0 Å². The predicted molar refractivity (Wildman–Crippen MR) is 69.9 cm³/mol. The van der Waals surface area contributed by atoms with Crippen molar-refractivity contribution in [2.75, 3.05) is 19.8 Å². The normalized spacial score (nSPS) is 22.3. The Morgan fingerprint density at radius 2 is 1.85 bits per heavy atom. The van der Waals surface area contributed by atoms with Crippen LogP contribution in [0, 0.1) is 5.41 Å². The first-order chi connectivity index (χ1) is 9.55. The molecule has 1 saturated carbocycles. The summed E-state index contributed by atoms with van der Waals surface area (Å²) in [4.78, 5) is 36.1. The van der Waals surface area contributed by atoms with Crippen LogP contribution in [0.1, 0.15) is 44.9 Å². The molecule has 0 radical (unpaired) electrons. The van der Waals surface area contributed by atoms with E-state index in [9.17, 15) is 14.4 Å². The van der Waals surface area contributed by atoms with Crippen molar-refractivity contribution in [3.63, 3.8) is 0 Å². The Labute approximate surface area is 118 Å². The maximum Gasteiger partial charge on any atom is 0.329 e. The van der Waals surface area contributed by atoms with Crippen LogP contribution in [0.4, 0.5) is 0 Å². The molecule has 0 aromatic rings. The largest absolute Gasteiger partial charge is 0.480 e. The minimum atomic E-state index is -1.05. The van der Waals surface area contributed by atoms with E-state index in [1.807, 2.05) is 0 Å². The summed E-state index contributed by atoms with van der Waals surface area (Å²) in [5.41, 5.74) is -0.486. The lowest BCUT2D eigenvalue weighted by Gasteiger charge is -2.24. The van der Waals surface area contributed by atoms with E-state index < -0.39 is 18.0 Å². The fourth-order valence-corrected chi connectivity index (χ4v) is 3.20. The smallest absolute Gasteiger partial charge is 0.329 e. The summed E-state index contributed by atoms with van der Waals surface area (Å²) in [6.45, 7) is -0.159. The van der Waals surface area contributed by atoms with Gasteiger partial charge in [-0.25, -0.2) is 4.79 Å². The second-order valence-electron chi connectivity index (χ2n) is 5.67. The summed E-state index contributed by atoms with van der Waals surface area (Å²) in [6.07, 6.45) is 6.17. The molecule has 2 amide bonds. The van der Waals surface area contributed by atoms with Gasteiger partial charge in [-0.05, 0) is 12.8 Å². The van der Waals surface area contributed by atoms with Gasteiger partial charge in [0.05, 0.1) is 18.6 Å². The third-order valence-corrected chi connectivity index (χ3v) is 4.23. The van der Waals surface area contributed by atoms with Gasteiger partial charge in [0.2, 0.25) is 11.8 Å². The molecule has 2 fully saturated rings. The van der Waals surface area contributed by atoms with Gasteiger partial charge in [0.25, 0.3) is 0 Å². The molecular weight excluding hydrogens is 262 g/mol. The van der Waals surface area contributed by atoms with Crippen LogP contribution in [-0.2, 0) is 19.1 Å². The summed E-state index contributed by atoms with van der Waals surface area (Å²) in [6, 6.07) is 0. The Bertz CT molecular complexity index is 398. The van der Waals surface area contributed by atoms with Gasteiger partial charge in [-0.15, -0.1) is 0 Å². The highest BCUT2D eigenvalue weighted by Crippen LogP contribution is 2.44. The number of ether oxygens (including phenoxy) is 1. The van der Waals surface area contributed by atoms with E-state index in [-0.39, 0.29) is 25.0 Å². The third kappa shape index (κ3) is 3.17. The predicted octanol–water partition coefficient (Wildman–Crippen LogP) is 1.19. The fraction of sp³-hybridized carbons (Fsp3) is 0.786. The van der Waals surface area contributed by atoms with Crippen molar-refractivity contribution < 1.29 is 24.2 Å². The van der Waals surface area contributed by atoms with Crippen LogP contribution in [-0.4, -0.2) is 47.5 Å². The fourth-order valence-electron chi connectivity index (χ4n) is 3.20. The highest BCUT2D eigenvalue weighted by molar-refractivity contribution is 6.05. The summed E-state index contributed by atoms with van der Waals surface area (Å²) in [5.74, 6) is -1.27. The van der Waals surface area contributed by atoms with Crippen LogP contribution in [0.3, 0.4) is 0 Å². The molecule has 0 aromatic carbocycles. The lowest BCUT2D eigenvalue weighted by molar-refractivity contribution is -0.144. The lowest BCUT2D eigenvalue weighted by Crippen LogP contribution is -2.37. The Balaban J connectivity index is 1.92. The quantitative estimate of drug-likeness (QED) is 0.605. The summed E-state index contributed by atoms with van der Waals surface area (Å²) in [5, 5.41) is 8.47. The van der Waals surface area contributed by atoms with Crippen molar-refractivity contribution >= 4 is 17.8 Å². The van der Waals surface area contributed by atoms with E-state index >= 15 is 0 Å². The molecule has 1 aliphatic heterocycles. The van der Waals surface area contributed by atoms with E-state index in [4.69, 9.17) is 9.84 Å². The summed E-state index contributed by atoms with van der Waals surface area (Å²) < 4.78 is 4.91. The van der Waals surface area contributed by atoms with E-state index in [1.54, 1.807) is 0 Å². The van der Waals surface area contributed by atoms with Crippen LogP contribution in [0.25, 0.3) is 0 Å². The molecule has 0 atom stereocenters. The van der Waals surface area contributed by atoms with Gasteiger partial charge in [0.15, 0.2) is 0 Å². The minimum Gasteiger partial charge on any atom is -0.480 e. The van der Waals surface area contributed by atoms with E-state index in [2.05, 4.69) is 0 Å². The zero-order valence-corrected chi connectivity index (χ0v) is 11.6. The van der Waals surface area contributed by atoms with E-state index in [0.29, 0.717) is 6.42 Å². The average molecular weight is 283 g/mol. The van der Waals surface area contributed by atoms with Crippen LogP contribution in [0.5, 0.6) is 0 Å². The maximum absolute atomic E-state index is 12.5. The Morgan fingerprint density at radius 3 is 2.45 bits per heavy atom. The molecule has 0 unspecified atom stereocenters. The molecule has 112 valence electrons. The molecule has 0 bridgehead atoms. The SMILES string of the molecule is O=C(O)COCCN1C(=O)CC2(CCCCCC2)C1=O. The third-order valence-electron chi connectivity index (χ3n) is 4.23. The molecule has 1 saturated heterocycles. The maximum atomic E-state index is 12.5. The molecule has 6 nitrogen and oxygen atoms in total. The number of carboxylic acid groups (broad SMARTS) is 1. The highest BCUT2D eigenvalue weighted by atomic mass is 16.5. The first kappa shape index (κ1) is 15.0. The average Bonchev–Trinajstić information content (AvgIpc) is 2.58. The zero-order chi connectivity index (χ0) is 14.6. The first-order valence-corrected chi connectivity index (χ1v) is 7.19. The topological polar surface area (TPSA) is 83.9 Å². The molecule has 6 heteroatoms. The second-order valence-corrected chi connectivity index (χ2v) is 5.67. The molecule has 1 N–H and O–H groups in total. The Kier molecular flexibility index (Phi) is 4.75. The van der Waals surface area contributed by atoms with Gasteiger partial charge in [-0.3, -0.25) is 14.5 Å². The zero-order valence-electron chi connectivity index (χ0n) is 11.6. The number of nitrogens with zero attached hydrogens (tertiary/aromatic N) is 1. The Morgan fingerprint density at radius 1 is 1.20 bits per heavy atom. The van der Waals surface area contributed by atoms with Gasteiger partial charge in [0, 0.05) is 6.42 Å². The number of carboxylic acids is 1. The van der Waals surface area contributed by atoms with Gasteiger partial charge in [-0.2, -0.15) is 0 Å². The number of amides is 2. The second kappa shape index (κ2) is 6.35. The summed E-state index contributed by atoms with van der Waals surface area (Å²) in [7, 11) is 0. The molecular formula is C14H21NO5. The first-order valence-electron chi connectivity index (χ1n) is 7.19. The molecule has 20 heavy (non-hydrogen) atoms. The molecule has 1 aliphatic carbocycles. The van der Waals surface area contributed by atoms with E-state index in [0.717, 1.165) is 38.5 Å². The van der Waals surface area contributed by atoms with Crippen molar-refractivity contribution in [1.82, 2.24) is 4.90 Å². The molecule has 1 heterocycles. The number of likely N-dealkylation sites (tertiary alicyclic amines) is 1. The van der Waals surface area contributed by atoms with Crippen LogP contribution >= 0.6 is 0 Å². The number of imide groups is 1. The van der Waals surface area contributed by atoms with Gasteiger partial charge >= 0.3 is 5.97 Å². The Hall–Kier alpha value is -1.43. The lowest BCUT2D eigenvalue weighted by atomic mass is 9.79. The van der Waals surface area contributed by atoms with Gasteiger partial charge in [-0.1, -0.05) is 25.7 Å². The van der Waals surface area contributed by atoms with Crippen molar-refractivity contribution in [1.29, 1.82) is 0 Å². The van der Waals surface area contributed by atoms with Crippen molar-refractivity contribution in [2.45, 2.75) is 44.9 Å². The standard InChI is InChI=1S/C14H21NO5/c16-11-9-14(5-3-1-2-4-6-14)13(19)15(11)7-8-20-10-12(17)18/h1-10H2,(H,17,18). The highest BCUT2D eigenvalue weighted by Gasteiger charge is 2.50. The van der Waals surface area contributed by atoms with Crippen LogP contribution in [0.15, 0.2) is 0 Å². The van der Waals surface area contributed by atoms with Crippen molar-refractivity contribution in [3.8, 4) is 0 Å². The molecule has 2 rings (SSSR count). The number of carbonyl (C=O) groups is 3. The van der Waals surface area contributed by atoms with Gasteiger partial charge in [0.1, 0.15) is 6.61 Å². The van der Waals surface area contributed by atoms with Gasteiger partial charge < -0.3 is 9.84 Å². The molecule has 0 aromatic heterocycles. The number of rotatable bonds is 5. The van der Waals surface area contributed by atoms with Crippen LogP contribution in [0.2, 0.25) is 0 Å². The molecule has 1 spiro atoms. The number of hydrogen-bond donors (Lipinski definition) is 1. The molecule has 2 aliphatic rings. The summed E-state index contributed by atoms with van der Waals surface area (Å²) >= 11 is 0. The van der Waals surface area contributed by atoms with E-state index in [1.165, 1.54) is 4.90 Å². The monoisotopic (exact) mass is 283 g/mol. The number of aliphatic carboxylic acids is 1. The number of hydrogen-bond acceptors (Lipinski definition) is 4.